The summed E-state index contributed by atoms with van der Waals surface area (Å²) < 4.78 is 46.1. The van der Waals surface area contributed by atoms with E-state index in [0.717, 1.165) is 18.2 Å². The number of nitrogens with two attached hydrogens (primary N) is 1. The van der Waals surface area contributed by atoms with Crippen molar-refractivity contribution in [3.05, 3.63) is 24.0 Å². The second-order valence-electron chi connectivity index (χ2n) is 4.11. The summed E-state index contributed by atoms with van der Waals surface area (Å²) in [6.45, 7) is 0.682. The lowest BCUT2D eigenvalue weighted by atomic mass is 10.2. The summed E-state index contributed by atoms with van der Waals surface area (Å²) in [4.78, 5) is 11.5. The van der Waals surface area contributed by atoms with Gasteiger partial charge in [0.05, 0.1) is 25.5 Å². The molecule has 0 saturated carbocycles. The van der Waals surface area contributed by atoms with Crippen molar-refractivity contribution in [3.63, 3.8) is 0 Å². The Bertz CT molecular complexity index is 613. The quantitative estimate of drug-likeness (QED) is 0.806. The largest absolute Gasteiger partial charge is 0.376 e. The molecule has 1 atom stereocenters. The van der Waals surface area contributed by atoms with Crippen LogP contribution < -0.4 is 10.5 Å². The molecule has 1 saturated heterocycles. The molecule has 9 heteroatoms. The molecule has 7 nitrogen and oxygen atoms in total. The first-order chi connectivity index (χ1) is 9.38. The molecule has 2 rings (SSSR count). The van der Waals surface area contributed by atoms with Gasteiger partial charge in [-0.25, -0.2) is 17.9 Å². The van der Waals surface area contributed by atoms with E-state index < -0.39 is 27.9 Å². The molecule has 3 N–H and O–H groups in total. The van der Waals surface area contributed by atoms with Crippen LogP contribution in [0, 0.1) is 5.82 Å². The number of primary sulfonamides is 1. The number of carbonyl (C=O) groups is 1. The first-order valence-electron chi connectivity index (χ1n) is 5.70. The Morgan fingerprint density at radius 3 is 2.75 bits per heavy atom. The molecule has 1 unspecified atom stereocenters. The van der Waals surface area contributed by atoms with Gasteiger partial charge in [0.2, 0.25) is 10.0 Å². The zero-order valence-electron chi connectivity index (χ0n) is 10.3. The maximum atomic E-state index is 13.2. The van der Waals surface area contributed by atoms with Crippen LogP contribution in [0.3, 0.4) is 0 Å². The maximum absolute atomic E-state index is 13.2. The summed E-state index contributed by atoms with van der Waals surface area (Å²) >= 11 is 0. The molecule has 110 valence electrons. The van der Waals surface area contributed by atoms with E-state index >= 15 is 0 Å². The third kappa shape index (κ3) is 3.51. The predicted molar refractivity (Wildman–Crippen MR) is 67.0 cm³/mol. The molecule has 1 aromatic rings. The number of nitrogens with one attached hydrogen (secondary N) is 1. The lowest BCUT2D eigenvalue weighted by Gasteiger charge is -2.22. The summed E-state index contributed by atoms with van der Waals surface area (Å²) in [5, 5.41) is 7.29. The fourth-order valence-electron chi connectivity index (χ4n) is 1.70. The molecule has 1 aliphatic rings. The highest BCUT2D eigenvalue weighted by Crippen LogP contribution is 2.21. The van der Waals surface area contributed by atoms with Crippen LogP contribution in [0.2, 0.25) is 0 Å². The van der Waals surface area contributed by atoms with Crippen molar-refractivity contribution in [2.75, 3.05) is 25.1 Å². The Morgan fingerprint density at radius 1 is 1.40 bits per heavy atom. The molecule has 1 fully saturated rings. The maximum Gasteiger partial charge on any atom is 0.255 e. The molecule has 0 radical (unpaired) electrons. The van der Waals surface area contributed by atoms with E-state index in [0.29, 0.717) is 6.61 Å². The van der Waals surface area contributed by atoms with Crippen molar-refractivity contribution in [2.45, 2.75) is 11.0 Å². The molecule has 1 heterocycles. The van der Waals surface area contributed by atoms with E-state index in [2.05, 4.69) is 5.32 Å². The van der Waals surface area contributed by atoms with Gasteiger partial charge < -0.3 is 14.8 Å². The van der Waals surface area contributed by atoms with E-state index in [-0.39, 0.29) is 23.8 Å². The third-order valence-electron chi connectivity index (χ3n) is 2.61. The second-order valence-corrected chi connectivity index (χ2v) is 5.64. The number of hydrogen-bond donors (Lipinski definition) is 2. The van der Waals surface area contributed by atoms with Gasteiger partial charge in [-0.3, -0.25) is 4.79 Å². The highest BCUT2D eigenvalue weighted by atomic mass is 32.2. The minimum Gasteiger partial charge on any atom is -0.376 e. The van der Waals surface area contributed by atoms with Crippen LogP contribution in [0.4, 0.5) is 10.1 Å². The fourth-order valence-corrected chi connectivity index (χ4v) is 2.37. The van der Waals surface area contributed by atoms with E-state index in [4.69, 9.17) is 14.6 Å². The van der Waals surface area contributed by atoms with Crippen LogP contribution in [0.25, 0.3) is 0 Å². The van der Waals surface area contributed by atoms with Gasteiger partial charge >= 0.3 is 0 Å². The van der Waals surface area contributed by atoms with E-state index in [1.165, 1.54) is 0 Å². The topological polar surface area (TPSA) is 108 Å². The number of carbonyl (C=O) groups excluding carboxylic acids is 1. The van der Waals surface area contributed by atoms with Crippen LogP contribution in [-0.4, -0.2) is 40.2 Å². The minimum absolute atomic E-state index is 0.0475. The molecule has 0 bridgehead atoms. The summed E-state index contributed by atoms with van der Waals surface area (Å²) in [6, 6.07) is 2.80. The third-order valence-corrected chi connectivity index (χ3v) is 3.58. The molecule has 1 aromatic carbocycles. The Kier molecular flexibility index (Phi) is 4.33. The molecule has 0 aliphatic carbocycles. The Hall–Kier alpha value is -1.55. The normalized spacial score (nSPS) is 19.6. The van der Waals surface area contributed by atoms with Crippen molar-refractivity contribution in [1.29, 1.82) is 0 Å². The summed E-state index contributed by atoms with van der Waals surface area (Å²) in [7, 11) is -4.08. The highest BCUT2D eigenvalue weighted by Gasteiger charge is 2.25. The number of anilines is 1. The van der Waals surface area contributed by atoms with Crippen molar-refractivity contribution < 1.29 is 27.1 Å². The molecule has 1 amide bonds. The van der Waals surface area contributed by atoms with Crippen molar-refractivity contribution in [1.82, 2.24) is 0 Å². The van der Waals surface area contributed by atoms with E-state index in [1.54, 1.807) is 0 Å². The van der Waals surface area contributed by atoms with Crippen LogP contribution in [0.5, 0.6) is 0 Å². The lowest BCUT2D eigenvalue weighted by molar-refractivity contribution is -0.142. The van der Waals surface area contributed by atoms with Crippen LogP contribution in [0.1, 0.15) is 0 Å². The van der Waals surface area contributed by atoms with Gasteiger partial charge in [-0.15, -0.1) is 0 Å². The standard InChI is InChI=1S/C11H13FN2O5S/c12-7-1-2-10(20(13,16)17)8(5-7)14-11(15)9-6-18-3-4-19-9/h1-2,5,9H,3-4,6H2,(H,14,15)(H2,13,16,17). The number of ether oxygens (including phenoxy) is 2. The zero-order valence-corrected chi connectivity index (χ0v) is 11.2. The monoisotopic (exact) mass is 304 g/mol. The lowest BCUT2D eigenvalue weighted by Crippen LogP contribution is -2.39. The van der Waals surface area contributed by atoms with Gasteiger partial charge in [-0.1, -0.05) is 0 Å². The Labute approximate surface area is 114 Å². The molecular weight excluding hydrogens is 291 g/mol. The smallest absolute Gasteiger partial charge is 0.255 e. The van der Waals surface area contributed by atoms with Gasteiger partial charge in [0.1, 0.15) is 10.7 Å². The number of halogens is 1. The Balaban J connectivity index is 2.23. The summed E-state index contributed by atoms with van der Waals surface area (Å²) in [5.74, 6) is -1.33. The number of benzene rings is 1. The van der Waals surface area contributed by atoms with Crippen LogP contribution >= 0.6 is 0 Å². The van der Waals surface area contributed by atoms with Gasteiger partial charge in [0.25, 0.3) is 5.91 Å². The number of sulfonamides is 1. The number of amides is 1. The van der Waals surface area contributed by atoms with Crippen LogP contribution in [-0.2, 0) is 24.3 Å². The summed E-state index contributed by atoms with van der Waals surface area (Å²) in [6.07, 6.45) is -0.875. The van der Waals surface area contributed by atoms with Gasteiger partial charge in [0, 0.05) is 0 Å². The molecular formula is C11H13FN2O5S. The van der Waals surface area contributed by atoms with Gasteiger partial charge in [-0.2, -0.15) is 0 Å². The van der Waals surface area contributed by atoms with Crippen molar-refractivity contribution >= 4 is 21.6 Å². The zero-order chi connectivity index (χ0) is 14.8. The average molecular weight is 304 g/mol. The van der Waals surface area contributed by atoms with E-state index in [9.17, 15) is 17.6 Å². The van der Waals surface area contributed by atoms with Crippen molar-refractivity contribution in [3.8, 4) is 0 Å². The highest BCUT2D eigenvalue weighted by molar-refractivity contribution is 7.89. The van der Waals surface area contributed by atoms with Gasteiger partial charge in [0.15, 0.2) is 6.10 Å². The van der Waals surface area contributed by atoms with Gasteiger partial charge in [-0.05, 0) is 18.2 Å². The van der Waals surface area contributed by atoms with Crippen molar-refractivity contribution in [2.24, 2.45) is 5.14 Å². The minimum atomic E-state index is -4.08. The SMILES string of the molecule is NS(=O)(=O)c1ccc(F)cc1NC(=O)C1COCCO1. The fraction of sp³-hybridized carbons (Fsp3) is 0.364. The molecule has 0 spiro atoms. The van der Waals surface area contributed by atoms with E-state index in [1.807, 2.05) is 0 Å². The first-order valence-corrected chi connectivity index (χ1v) is 7.25. The average Bonchev–Trinajstić information content (AvgIpc) is 2.38. The molecule has 0 aromatic heterocycles. The first kappa shape index (κ1) is 14.9. The molecule has 1 aliphatic heterocycles. The number of hydrogen-bond acceptors (Lipinski definition) is 5. The summed E-state index contributed by atoms with van der Waals surface area (Å²) in [5.41, 5.74) is -0.230. The molecule has 20 heavy (non-hydrogen) atoms. The second kappa shape index (κ2) is 5.83. The predicted octanol–water partition coefficient (Wildman–Crippen LogP) is -0.173. The Morgan fingerprint density at radius 2 is 2.15 bits per heavy atom. The van der Waals surface area contributed by atoms with Crippen LogP contribution in [0.15, 0.2) is 23.1 Å². The number of rotatable bonds is 3.